The van der Waals surface area contributed by atoms with Crippen LogP contribution in [0.25, 0.3) is 0 Å². The van der Waals surface area contributed by atoms with Gasteiger partial charge in [-0.1, -0.05) is 12.8 Å². The highest BCUT2D eigenvalue weighted by Gasteiger charge is 2.33. The van der Waals surface area contributed by atoms with E-state index in [9.17, 15) is 4.79 Å². The van der Waals surface area contributed by atoms with E-state index >= 15 is 0 Å². The summed E-state index contributed by atoms with van der Waals surface area (Å²) in [6.45, 7) is 0.566. The number of rotatable bonds is 6. The fourth-order valence-electron chi connectivity index (χ4n) is 2.70. The monoisotopic (exact) mass is 380 g/mol. The standard InChI is InChI=1S/C14H21BrN2OS.ClH/c15-12-7-6-11(19-12)4-3-5-13(18)17-14(10-16)8-1-2-9-14;/h6-7H,1-5,8-10,16H2,(H,17,18);1H. The van der Waals surface area contributed by atoms with Crippen molar-refractivity contribution in [3.05, 3.63) is 20.8 Å². The molecule has 3 N–H and O–H groups in total. The summed E-state index contributed by atoms with van der Waals surface area (Å²) in [6.07, 6.45) is 6.90. The predicted octanol–water partition coefficient (Wildman–Crippen LogP) is 3.64. The summed E-state index contributed by atoms with van der Waals surface area (Å²) >= 11 is 5.19. The molecule has 1 fully saturated rings. The van der Waals surface area contributed by atoms with Gasteiger partial charge in [-0.05, 0) is 53.7 Å². The average Bonchev–Trinajstić information content (AvgIpc) is 2.99. The highest BCUT2D eigenvalue weighted by molar-refractivity contribution is 9.11. The van der Waals surface area contributed by atoms with Crippen LogP contribution in [0.1, 0.15) is 43.4 Å². The van der Waals surface area contributed by atoms with Gasteiger partial charge in [0, 0.05) is 17.8 Å². The van der Waals surface area contributed by atoms with Crippen LogP contribution in [0.2, 0.25) is 0 Å². The topological polar surface area (TPSA) is 55.1 Å². The summed E-state index contributed by atoms with van der Waals surface area (Å²) in [5.41, 5.74) is 5.71. The Labute approximate surface area is 139 Å². The molecule has 1 amide bonds. The van der Waals surface area contributed by atoms with Gasteiger partial charge >= 0.3 is 0 Å². The van der Waals surface area contributed by atoms with Crippen molar-refractivity contribution in [2.45, 2.75) is 50.5 Å². The first-order chi connectivity index (χ1) is 9.13. The first-order valence-corrected chi connectivity index (χ1v) is 8.50. The number of nitrogens with one attached hydrogen (secondary N) is 1. The van der Waals surface area contributed by atoms with Crippen LogP contribution in [-0.2, 0) is 11.2 Å². The van der Waals surface area contributed by atoms with Crippen molar-refractivity contribution in [2.24, 2.45) is 5.73 Å². The van der Waals surface area contributed by atoms with Crippen molar-refractivity contribution in [3.8, 4) is 0 Å². The number of carbonyl (C=O) groups is 1. The molecule has 1 saturated carbocycles. The van der Waals surface area contributed by atoms with E-state index in [0.717, 1.165) is 29.5 Å². The summed E-state index contributed by atoms with van der Waals surface area (Å²) < 4.78 is 1.15. The molecule has 0 unspecified atom stereocenters. The fraction of sp³-hybridized carbons (Fsp3) is 0.643. The number of hydrogen-bond acceptors (Lipinski definition) is 3. The quantitative estimate of drug-likeness (QED) is 0.790. The largest absolute Gasteiger partial charge is 0.349 e. The van der Waals surface area contributed by atoms with Gasteiger partial charge < -0.3 is 11.1 Å². The number of carbonyl (C=O) groups excluding carboxylic acids is 1. The van der Waals surface area contributed by atoms with Crippen LogP contribution in [-0.4, -0.2) is 18.0 Å². The maximum Gasteiger partial charge on any atom is 0.220 e. The first kappa shape index (κ1) is 18.0. The van der Waals surface area contributed by atoms with Crippen LogP contribution in [0, 0.1) is 0 Å². The number of nitrogens with two attached hydrogens (primary N) is 1. The summed E-state index contributed by atoms with van der Waals surface area (Å²) in [4.78, 5) is 13.3. The third kappa shape index (κ3) is 5.02. The van der Waals surface area contributed by atoms with Crippen molar-refractivity contribution >= 4 is 45.6 Å². The van der Waals surface area contributed by atoms with Crippen LogP contribution in [0.4, 0.5) is 0 Å². The zero-order chi connectivity index (χ0) is 13.7. The van der Waals surface area contributed by atoms with Crippen LogP contribution >= 0.6 is 39.7 Å². The maximum atomic E-state index is 12.0. The minimum absolute atomic E-state index is 0. The van der Waals surface area contributed by atoms with E-state index in [0.29, 0.717) is 13.0 Å². The lowest BCUT2D eigenvalue weighted by atomic mass is 9.97. The van der Waals surface area contributed by atoms with Crippen molar-refractivity contribution < 1.29 is 4.79 Å². The predicted molar refractivity (Wildman–Crippen MR) is 90.6 cm³/mol. The van der Waals surface area contributed by atoms with E-state index in [2.05, 4.69) is 33.4 Å². The second-order valence-electron chi connectivity index (χ2n) is 5.30. The van der Waals surface area contributed by atoms with Crippen molar-refractivity contribution in [1.29, 1.82) is 0 Å². The molecule has 0 spiro atoms. The van der Waals surface area contributed by atoms with Gasteiger partial charge in [-0.3, -0.25) is 4.79 Å². The highest BCUT2D eigenvalue weighted by atomic mass is 79.9. The summed E-state index contributed by atoms with van der Waals surface area (Å²) in [5, 5.41) is 3.16. The van der Waals surface area contributed by atoms with Gasteiger partial charge in [0.05, 0.1) is 9.33 Å². The fourth-order valence-corrected chi connectivity index (χ4v) is 4.22. The maximum absolute atomic E-state index is 12.0. The Morgan fingerprint density at radius 3 is 2.65 bits per heavy atom. The Bertz CT molecular complexity index is 433. The normalized spacial score (nSPS) is 16.7. The summed E-state index contributed by atoms with van der Waals surface area (Å²) in [6, 6.07) is 4.17. The number of aryl methyl sites for hydroxylation is 1. The molecule has 0 saturated heterocycles. The van der Waals surface area contributed by atoms with Gasteiger partial charge in [-0.15, -0.1) is 23.7 Å². The minimum atomic E-state index is -0.108. The second-order valence-corrected chi connectivity index (χ2v) is 7.85. The van der Waals surface area contributed by atoms with Crippen LogP contribution in [0.15, 0.2) is 15.9 Å². The third-order valence-corrected chi connectivity index (χ3v) is 5.50. The van der Waals surface area contributed by atoms with Gasteiger partial charge in [0.15, 0.2) is 0 Å². The molecule has 1 aromatic heterocycles. The molecule has 0 bridgehead atoms. The summed E-state index contributed by atoms with van der Waals surface area (Å²) in [5.74, 6) is 0.156. The van der Waals surface area contributed by atoms with Crippen LogP contribution in [0.3, 0.4) is 0 Å². The molecule has 3 nitrogen and oxygen atoms in total. The number of amides is 1. The molecule has 20 heavy (non-hydrogen) atoms. The molecular formula is C14H22BrClN2OS. The van der Waals surface area contributed by atoms with Gasteiger partial charge in [0.25, 0.3) is 0 Å². The number of thiophene rings is 1. The number of halogens is 2. The zero-order valence-electron chi connectivity index (χ0n) is 11.5. The van der Waals surface area contributed by atoms with Crippen molar-refractivity contribution in [1.82, 2.24) is 5.32 Å². The van der Waals surface area contributed by atoms with Gasteiger partial charge in [0.1, 0.15) is 0 Å². The molecule has 6 heteroatoms. The highest BCUT2D eigenvalue weighted by Crippen LogP contribution is 2.29. The zero-order valence-corrected chi connectivity index (χ0v) is 14.7. The van der Waals surface area contributed by atoms with E-state index in [1.165, 1.54) is 17.7 Å². The first-order valence-electron chi connectivity index (χ1n) is 6.89. The average molecular weight is 382 g/mol. The Kier molecular flexibility index (Phi) is 7.51. The molecule has 0 aliphatic heterocycles. The number of hydrogen-bond donors (Lipinski definition) is 2. The van der Waals surface area contributed by atoms with E-state index in [1.54, 1.807) is 11.3 Å². The minimum Gasteiger partial charge on any atom is -0.349 e. The Morgan fingerprint density at radius 2 is 2.10 bits per heavy atom. The van der Waals surface area contributed by atoms with Crippen molar-refractivity contribution in [2.75, 3.05) is 6.54 Å². The molecule has 1 heterocycles. The van der Waals surface area contributed by atoms with Gasteiger partial charge in [0.2, 0.25) is 5.91 Å². The molecule has 2 rings (SSSR count). The van der Waals surface area contributed by atoms with Gasteiger partial charge in [-0.25, -0.2) is 0 Å². The van der Waals surface area contributed by atoms with E-state index in [4.69, 9.17) is 5.73 Å². The van der Waals surface area contributed by atoms with Gasteiger partial charge in [-0.2, -0.15) is 0 Å². The van der Waals surface area contributed by atoms with E-state index in [-0.39, 0.29) is 23.9 Å². The Balaban J connectivity index is 0.00000200. The lowest BCUT2D eigenvalue weighted by molar-refractivity contribution is -0.123. The molecular weight excluding hydrogens is 360 g/mol. The molecule has 1 aliphatic carbocycles. The second kappa shape index (κ2) is 8.37. The Hall–Kier alpha value is -0.100. The summed E-state index contributed by atoms with van der Waals surface area (Å²) in [7, 11) is 0. The lowest BCUT2D eigenvalue weighted by Gasteiger charge is -2.28. The molecule has 0 atom stereocenters. The van der Waals surface area contributed by atoms with E-state index in [1.807, 2.05) is 0 Å². The van der Waals surface area contributed by atoms with Crippen molar-refractivity contribution in [3.63, 3.8) is 0 Å². The Morgan fingerprint density at radius 1 is 1.40 bits per heavy atom. The molecule has 1 aromatic rings. The molecule has 1 aliphatic rings. The smallest absolute Gasteiger partial charge is 0.220 e. The van der Waals surface area contributed by atoms with Crippen LogP contribution in [0.5, 0.6) is 0 Å². The molecule has 114 valence electrons. The SMILES string of the molecule is Cl.NCC1(NC(=O)CCCc2ccc(Br)s2)CCCC1. The third-order valence-electron chi connectivity index (χ3n) is 3.81. The molecule has 0 radical (unpaired) electrons. The van der Waals surface area contributed by atoms with Crippen LogP contribution < -0.4 is 11.1 Å². The van der Waals surface area contributed by atoms with E-state index < -0.39 is 0 Å². The molecule has 0 aromatic carbocycles. The lowest BCUT2D eigenvalue weighted by Crippen LogP contribution is -2.51.